The number of aliphatic carboxylic acids is 1. The second-order valence-electron chi connectivity index (χ2n) is 3.66. The molecule has 2 rings (SSSR count). The molecular weight excluding hydrogens is 198 g/mol. The molecule has 1 aliphatic rings. The molecule has 1 amide bonds. The number of aryl methyl sites for hydroxylation is 1. The molecule has 80 valence electrons. The van der Waals surface area contributed by atoms with Gasteiger partial charge in [0.05, 0.1) is 12.2 Å². The van der Waals surface area contributed by atoms with Gasteiger partial charge in [0.1, 0.15) is 11.8 Å². The maximum atomic E-state index is 11.2. The Morgan fingerprint density at radius 2 is 2.40 bits per heavy atom. The highest BCUT2D eigenvalue weighted by Crippen LogP contribution is 2.31. The summed E-state index contributed by atoms with van der Waals surface area (Å²) in [6.07, 6.45) is 1.68. The van der Waals surface area contributed by atoms with Crippen molar-refractivity contribution in [3.8, 4) is 0 Å². The summed E-state index contributed by atoms with van der Waals surface area (Å²) in [6, 6.07) is 0.888. The second-order valence-corrected chi connectivity index (χ2v) is 3.66. The highest BCUT2D eigenvalue weighted by atomic mass is 16.4. The standard InChI is InChI=1S/C10H11NO4/c1-5-2-3-15-9(5)6-4-7(12)11-8(6)10(13)14/h2-3,6,8H,4H2,1H3,(H,11,12)(H,13,14). The Kier molecular flexibility index (Phi) is 2.22. The molecule has 2 heterocycles. The summed E-state index contributed by atoms with van der Waals surface area (Å²) in [4.78, 5) is 22.1. The van der Waals surface area contributed by atoms with Crippen LogP contribution in [0.5, 0.6) is 0 Å². The van der Waals surface area contributed by atoms with Crippen LogP contribution >= 0.6 is 0 Å². The van der Waals surface area contributed by atoms with Gasteiger partial charge in [0.2, 0.25) is 5.91 Å². The summed E-state index contributed by atoms with van der Waals surface area (Å²) < 4.78 is 5.22. The van der Waals surface area contributed by atoms with Crippen molar-refractivity contribution in [2.24, 2.45) is 0 Å². The zero-order valence-electron chi connectivity index (χ0n) is 8.19. The molecular formula is C10H11NO4. The summed E-state index contributed by atoms with van der Waals surface area (Å²) in [7, 11) is 0. The number of nitrogens with one attached hydrogen (secondary N) is 1. The van der Waals surface area contributed by atoms with Gasteiger partial charge in [-0.3, -0.25) is 4.79 Å². The van der Waals surface area contributed by atoms with Crippen LogP contribution in [-0.2, 0) is 9.59 Å². The van der Waals surface area contributed by atoms with Crippen LogP contribution < -0.4 is 5.32 Å². The first-order valence-corrected chi connectivity index (χ1v) is 4.65. The molecule has 0 radical (unpaired) electrons. The van der Waals surface area contributed by atoms with E-state index in [4.69, 9.17) is 9.52 Å². The van der Waals surface area contributed by atoms with E-state index in [2.05, 4.69) is 5.32 Å². The second kappa shape index (κ2) is 3.42. The molecule has 2 atom stereocenters. The third-order valence-corrected chi connectivity index (χ3v) is 2.63. The van der Waals surface area contributed by atoms with E-state index in [0.717, 1.165) is 5.56 Å². The fourth-order valence-electron chi connectivity index (χ4n) is 1.89. The van der Waals surface area contributed by atoms with Crippen molar-refractivity contribution >= 4 is 11.9 Å². The Labute approximate surface area is 86.1 Å². The van der Waals surface area contributed by atoms with Crippen LogP contribution in [-0.4, -0.2) is 23.0 Å². The molecule has 1 aromatic heterocycles. The molecule has 1 saturated heterocycles. The molecule has 2 unspecified atom stereocenters. The molecule has 15 heavy (non-hydrogen) atoms. The van der Waals surface area contributed by atoms with Gasteiger partial charge >= 0.3 is 5.97 Å². The molecule has 5 heteroatoms. The van der Waals surface area contributed by atoms with Crippen LogP contribution in [0.2, 0.25) is 0 Å². The first-order valence-electron chi connectivity index (χ1n) is 4.65. The molecule has 1 aliphatic heterocycles. The average molecular weight is 209 g/mol. The predicted molar refractivity (Wildman–Crippen MR) is 50.4 cm³/mol. The van der Waals surface area contributed by atoms with E-state index in [1.54, 1.807) is 6.07 Å². The van der Waals surface area contributed by atoms with Gasteiger partial charge in [-0.15, -0.1) is 0 Å². The summed E-state index contributed by atoms with van der Waals surface area (Å²) in [5.41, 5.74) is 0.878. The van der Waals surface area contributed by atoms with Gasteiger partial charge in [-0.05, 0) is 18.6 Å². The molecule has 0 saturated carbocycles. The van der Waals surface area contributed by atoms with Crippen LogP contribution in [0.4, 0.5) is 0 Å². The lowest BCUT2D eigenvalue weighted by molar-refractivity contribution is -0.140. The normalized spacial score (nSPS) is 25.3. The van der Waals surface area contributed by atoms with Gasteiger partial charge in [-0.25, -0.2) is 4.79 Å². The zero-order valence-corrected chi connectivity index (χ0v) is 8.19. The highest BCUT2D eigenvalue weighted by Gasteiger charge is 2.40. The molecule has 5 nitrogen and oxygen atoms in total. The first kappa shape index (κ1) is 9.76. The Balaban J connectivity index is 2.32. The lowest BCUT2D eigenvalue weighted by atomic mass is 9.95. The van der Waals surface area contributed by atoms with Gasteiger partial charge in [0, 0.05) is 6.42 Å². The van der Waals surface area contributed by atoms with E-state index in [0.29, 0.717) is 5.76 Å². The third-order valence-electron chi connectivity index (χ3n) is 2.63. The van der Waals surface area contributed by atoms with Crippen LogP contribution in [0.25, 0.3) is 0 Å². The summed E-state index contributed by atoms with van der Waals surface area (Å²) in [5.74, 6) is -1.09. The van der Waals surface area contributed by atoms with Crippen LogP contribution in [0.3, 0.4) is 0 Å². The molecule has 0 aromatic carbocycles. The summed E-state index contributed by atoms with van der Waals surface area (Å²) in [6.45, 7) is 1.83. The number of amides is 1. The van der Waals surface area contributed by atoms with Gasteiger partial charge in [0.15, 0.2) is 0 Å². The van der Waals surface area contributed by atoms with Crippen molar-refractivity contribution in [3.63, 3.8) is 0 Å². The average Bonchev–Trinajstić information content (AvgIpc) is 2.71. The minimum absolute atomic E-state index is 0.172. The van der Waals surface area contributed by atoms with Crippen molar-refractivity contribution in [2.45, 2.75) is 25.3 Å². The number of hydrogen-bond acceptors (Lipinski definition) is 3. The summed E-state index contributed by atoms with van der Waals surface area (Å²) >= 11 is 0. The molecule has 2 N–H and O–H groups in total. The first-order chi connectivity index (χ1) is 7.09. The fourth-order valence-corrected chi connectivity index (χ4v) is 1.89. The minimum atomic E-state index is -1.03. The van der Waals surface area contributed by atoms with Gasteiger partial charge in [0.25, 0.3) is 0 Å². The topological polar surface area (TPSA) is 79.5 Å². The van der Waals surface area contributed by atoms with Crippen molar-refractivity contribution in [2.75, 3.05) is 0 Å². The van der Waals surface area contributed by atoms with Crippen LogP contribution in [0.1, 0.15) is 23.7 Å². The van der Waals surface area contributed by atoms with Crippen molar-refractivity contribution in [1.29, 1.82) is 0 Å². The smallest absolute Gasteiger partial charge is 0.326 e. The molecule has 0 aliphatic carbocycles. The third kappa shape index (κ3) is 1.60. The number of carbonyl (C=O) groups is 2. The monoisotopic (exact) mass is 209 g/mol. The van der Waals surface area contributed by atoms with Crippen LogP contribution in [0, 0.1) is 6.92 Å². The minimum Gasteiger partial charge on any atom is -0.480 e. The molecule has 0 bridgehead atoms. The number of carboxylic acid groups (broad SMARTS) is 1. The number of carboxylic acids is 1. The van der Waals surface area contributed by atoms with E-state index >= 15 is 0 Å². The molecule has 0 spiro atoms. The fraction of sp³-hybridized carbons (Fsp3) is 0.400. The van der Waals surface area contributed by atoms with Gasteiger partial charge < -0.3 is 14.8 Å². The SMILES string of the molecule is Cc1ccoc1C1CC(=O)NC1C(=O)O. The Morgan fingerprint density at radius 1 is 1.67 bits per heavy atom. The highest BCUT2D eigenvalue weighted by molar-refractivity contribution is 5.89. The Hall–Kier alpha value is -1.78. The Morgan fingerprint density at radius 3 is 2.93 bits per heavy atom. The van der Waals surface area contributed by atoms with E-state index in [1.165, 1.54) is 6.26 Å². The number of hydrogen-bond donors (Lipinski definition) is 2. The maximum Gasteiger partial charge on any atom is 0.326 e. The quantitative estimate of drug-likeness (QED) is 0.749. The van der Waals surface area contributed by atoms with Crippen LogP contribution in [0.15, 0.2) is 16.7 Å². The Bertz CT molecular complexity index is 409. The van der Waals surface area contributed by atoms with E-state index in [9.17, 15) is 9.59 Å². The van der Waals surface area contributed by atoms with Gasteiger partial charge in [-0.1, -0.05) is 0 Å². The largest absolute Gasteiger partial charge is 0.480 e. The van der Waals surface area contributed by atoms with Gasteiger partial charge in [-0.2, -0.15) is 0 Å². The van der Waals surface area contributed by atoms with E-state index < -0.39 is 17.9 Å². The lowest BCUT2D eigenvalue weighted by Crippen LogP contribution is -2.36. The van der Waals surface area contributed by atoms with E-state index in [1.807, 2.05) is 6.92 Å². The number of carbonyl (C=O) groups excluding carboxylic acids is 1. The van der Waals surface area contributed by atoms with Crippen molar-refractivity contribution in [1.82, 2.24) is 5.32 Å². The molecule has 1 aromatic rings. The van der Waals surface area contributed by atoms with Crippen molar-refractivity contribution in [3.05, 3.63) is 23.7 Å². The number of rotatable bonds is 2. The zero-order chi connectivity index (χ0) is 11.0. The lowest BCUT2D eigenvalue weighted by Gasteiger charge is -2.12. The summed E-state index contributed by atoms with van der Waals surface area (Å²) in [5, 5.41) is 11.4. The molecule has 1 fully saturated rings. The van der Waals surface area contributed by atoms with E-state index in [-0.39, 0.29) is 12.3 Å². The van der Waals surface area contributed by atoms with Crippen molar-refractivity contribution < 1.29 is 19.1 Å². The number of furan rings is 1. The maximum absolute atomic E-state index is 11.2. The predicted octanol–water partition coefficient (Wildman–Crippen LogP) is 0.645.